The lowest BCUT2D eigenvalue weighted by molar-refractivity contribution is 0.275. The third-order valence-electron chi connectivity index (χ3n) is 2.36. The molecule has 96 valence electrons. The molecule has 0 aromatic heterocycles. The van der Waals surface area contributed by atoms with E-state index in [4.69, 9.17) is 5.11 Å². The highest BCUT2D eigenvalue weighted by Gasteiger charge is 2.19. The van der Waals surface area contributed by atoms with Crippen LogP contribution in [0.1, 0.15) is 18.9 Å². The summed E-state index contributed by atoms with van der Waals surface area (Å²) in [5.74, 6) is -0.592. The first-order chi connectivity index (χ1) is 7.86. The van der Waals surface area contributed by atoms with Gasteiger partial charge in [0, 0.05) is 12.6 Å². The molecule has 6 heteroatoms. The van der Waals surface area contributed by atoms with Crippen LogP contribution in [0.3, 0.4) is 0 Å². The van der Waals surface area contributed by atoms with Gasteiger partial charge >= 0.3 is 0 Å². The minimum atomic E-state index is -3.74. The second-order valence-corrected chi connectivity index (χ2v) is 5.63. The second kappa shape index (κ2) is 5.57. The van der Waals surface area contributed by atoms with Crippen LogP contribution in [-0.2, 0) is 10.0 Å². The van der Waals surface area contributed by atoms with Gasteiger partial charge in [0.15, 0.2) is 0 Å². The van der Waals surface area contributed by atoms with Gasteiger partial charge in [-0.3, -0.25) is 0 Å². The van der Waals surface area contributed by atoms with Gasteiger partial charge in [0.2, 0.25) is 10.0 Å². The molecule has 0 spiro atoms. The molecule has 0 heterocycles. The van der Waals surface area contributed by atoms with E-state index in [0.29, 0.717) is 12.0 Å². The highest BCUT2D eigenvalue weighted by molar-refractivity contribution is 7.89. The third-order valence-corrected chi connectivity index (χ3v) is 4.09. The molecule has 0 saturated heterocycles. The zero-order valence-corrected chi connectivity index (χ0v) is 10.6. The Bertz CT molecular complexity index is 487. The maximum absolute atomic E-state index is 13.0. The van der Waals surface area contributed by atoms with Crippen molar-refractivity contribution in [3.8, 4) is 0 Å². The Labute approximate surface area is 101 Å². The first kappa shape index (κ1) is 14.1. The van der Waals surface area contributed by atoms with Crippen LogP contribution in [0.4, 0.5) is 4.39 Å². The van der Waals surface area contributed by atoms with Crippen molar-refractivity contribution in [1.82, 2.24) is 4.72 Å². The number of hydrogen-bond acceptors (Lipinski definition) is 3. The minimum absolute atomic E-state index is 0.0673. The highest BCUT2D eigenvalue weighted by Crippen LogP contribution is 2.16. The van der Waals surface area contributed by atoms with E-state index in [2.05, 4.69) is 4.72 Å². The number of sulfonamides is 1. The fraction of sp³-hybridized carbons (Fsp3) is 0.455. The summed E-state index contributed by atoms with van der Waals surface area (Å²) in [7, 11) is -3.74. The van der Waals surface area contributed by atoms with E-state index in [1.807, 2.05) is 0 Å². The lowest BCUT2D eigenvalue weighted by Crippen LogP contribution is -2.33. The molecule has 1 aromatic rings. The highest BCUT2D eigenvalue weighted by atomic mass is 32.2. The van der Waals surface area contributed by atoms with E-state index in [1.54, 1.807) is 13.8 Å². The largest absolute Gasteiger partial charge is 0.396 e. The van der Waals surface area contributed by atoms with Crippen LogP contribution in [0.2, 0.25) is 0 Å². The molecule has 1 rings (SSSR count). The van der Waals surface area contributed by atoms with Crippen LogP contribution >= 0.6 is 0 Å². The summed E-state index contributed by atoms with van der Waals surface area (Å²) in [4.78, 5) is -0.0673. The standard InChI is InChI=1S/C11H16FNO3S/c1-8-3-4-10(12)7-11(8)17(15,16)13-9(2)5-6-14/h3-4,7,9,13-14H,5-6H2,1-2H3. The van der Waals surface area contributed by atoms with Gasteiger partial charge in [-0.1, -0.05) is 6.07 Å². The van der Waals surface area contributed by atoms with E-state index < -0.39 is 21.9 Å². The van der Waals surface area contributed by atoms with Gasteiger partial charge in [0.05, 0.1) is 4.90 Å². The van der Waals surface area contributed by atoms with Gasteiger partial charge in [-0.05, 0) is 38.0 Å². The van der Waals surface area contributed by atoms with Crippen LogP contribution in [0.25, 0.3) is 0 Å². The fourth-order valence-corrected chi connectivity index (χ4v) is 2.98. The van der Waals surface area contributed by atoms with Crippen LogP contribution in [-0.4, -0.2) is 26.2 Å². The molecule has 0 fully saturated rings. The Balaban J connectivity index is 3.01. The minimum Gasteiger partial charge on any atom is -0.396 e. The first-order valence-electron chi connectivity index (χ1n) is 5.26. The molecular formula is C11H16FNO3S. The molecule has 1 unspecified atom stereocenters. The smallest absolute Gasteiger partial charge is 0.241 e. The maximum Gasteiger partial charge on any atom is 0.241 e. The first-order valence-corrected chi connectivity index (χ1v) is 6.74. The summed E-state index contributed by atoms with van der Waals surface area (Å²) >= 11 is 0. The topological polar surface area (TPSA) is 66.4 Å². The molecule has 0 amide bonds. The fourth-order valence-electron chi connectivity index (χ4n) is 1.44. The summed E-state index contributed by atoms with van der Waals surface area (Å²) in [5, 5.41) is 8.71. The number of rotatable bonds is 5. The Morgan fingerprint density at radius 2 is 2.12 bits per heavy atom. The SMILES string of the molecule is Cc1ccc(F)cc1S(=O)(=O)NC(C)CCO. The molecule has 0 aliphatic rings. The van der Waals surface area contributed by atoms with Crippen molar-refractivity contribution in [1.29, 1.82) is 0 Å². The third kappa shape index (κ3) is 3.76. The number of aryl methyl sites for hydroxylation is 1. The van der Waals surface area contributed by atoms with Crippen LogP contribution < -0.4 is 4.72 Å². The van der Waals surface area contributed by atoms with Crippen molar-refractivity contribution in [3.05, 3.63) is 29.6 Å². The van der Waals surface area contributed by atoms with Gasteiger partial charge in [-0.2, -0.15) is 0 Å². The van der Waals surface area contributed by atoms with E-state index in [1.165, 1.54) is 12.1 Å². The van der Waals surface area contributed by atoms with E-state index >= 15 is 0 Å². The summed E-state index contributed by atoms with van der Waals surface area (Å²) in [6.45, 7) is 3.14. The molecule has 0 aliphatic heterocycles. The Morgan fingerprint density at radius 3 is 2.71 bits per heavy atom. The normalized spacial score (nSPS) is 13.6. The summed E-state index contributed by atoms with van der Waals surface area (Å²) in [6.07, 6.45) is 0.313. The van der Waals surface area contributed by atoms with Crippen molar-refractivity contribution in [3.63, 3.8) is 0 Å². The summed E-state index contributed by atoms with van der Waals surface area (Å²) < 4.78 is 39.3. The van der Waals surface area contributed by atoms with Gasteiger partial charge in [-0.15, -0.1) is 0 Å². The molecule has 4 nitrogen and oxygen atoms in total. The van der Waals surface area contributed by atoms with Crippen molar-refractivity contribution in [2.45, 2.75) is 31.2 Å². The van der Waals surface area contributed by atoms with Crippen LogP contribution in [0, 0.1) is 12.7 Å². The van der Waals surface area contributed by atoms with Crippen molar-refractivity contribution in [2.24, 2.45) is 0 Å². The zero-order chi connectivity index (χ0) is 13.1. The lowest BCUT2D eigenvalue weighted by atomic mass is 10.2. The predicted molar refractivity (Wildman–Crippen MR) is 62.6 cm³/mol. The number of nitrogens with one attached hydrogen (secondary N) is 1. The quantitative estimate of drug-likeness (QED) is 0.836. The van der Waals surface area contributed by atoms with Crippen LogP contribution in [0.5, 0.6) is 0 Å². The molecular weight excluding hydrogens is 245 g/mol. The molecule has 0 saturated carbocycles. The monoisotopic (exact) mass is 261 g/mol. The molecule has 17 heavy (non-hydrogen) atoms. The Kier molecular flexibility index (Phi) is 4.62. The summed E-state index contributed by atoms with van der Waals surface area (Å²) in [5.41, 5.74) is 0.482. The molecule has 0 radical (unpaired) electrons. The predicted octanol–water partition coefficient (Wildman–Crippen LogP) is 1.18. The molecule has 0 aliphatic carbocycles. The van der Waals surface area contributed by atoms with Gasteiger partial charge in [-0.25, -0.2) is 17.5 Å². The average Bonchev–Trinajstić information content (AvgIpc) is 2.21. The maximum atomic E-state index is 13.0. The van der Waals surface area contributed by atoms with Crippen molar-refractivity contribution in [2.75, 3.05) is 6.61 Å². The molecule has 0 bridgehead atoms. The van der Waals surface area contributed by atoms with Crippen LogP contribution in [0.15, 0.2) is 23.1 Å². The van der Waals surface area contributed by atoms with Crippen molar-refractivity contribution >= 4 is 10.0 Å². The second-order valence-electron chi connectivity index (χ2n) is 3.94. The molecule has 1 atom stereocenters. The van der Waals surface area contributed by atoms with Gasteiger partial charge in [0.25, 0.3) is 0 Å². The van der Waals surface area contributed by atoms with Crippen molar-refractivity contribution < 1.29 is 17.9 Å². The van der Waals surface area contributed by atoms with E-state index in [-0.39, 0.29) is 11.5 Å². The number of aliphatic hydroxyl groups is 1. The summed E-state index contributed by atoms with van der Waals surface area (Å²) in [6, 6.07) is 3.22. The Morgan fingerprint density at radius 1 is 1.47 bits per heavy atom. The molecule has 1 aromatic carbocycles. The van der Waals surface area contributed by atoms with E-state index in [9.17, 15) is 12.8 Å². The average molecular weight is 261 g/mol. The Hall–Kier alpha value is -0.980. The van der Waals surface area contributed by atoms with E-state index in [0.717, 1.165) is 6.07 Å². The zero-order valence-electron chi connectivity index (χ0n) is 9.77. The number of aliphatic hydroxyl groups excluding tert-OH is 1. The lowest BCUT2D eigenvalue weighted by Gasteiger charge is -2.14. The molecule has 2 N–H and O–H groups in total. The van der Waals surface area contributed by atoms with Gasteiger partial charge < -0.3 is 5.11 Å². The number of halogens is 1. The number of hydrogen-bond donors (Lipinski definition) is 2. The number of benzene rings is 1. The van der Waals surface area contributed by atoms with Gasteiger partial charge in [0.1, 0.15) is 5.82 Å².